The molecule has 1 aromatic rings. The van der Waals surface area contributed by atoms with Gasteiger partial charge in [-0.3, -0.25) is 0 Å². The predicted molar refractivity (Wildman–Crippen MR) is 70.6 cm³/mol. The Balaban J connectivity index is 2.41. The number of nitrogens with zero attached hydrogens (tertiary/aromatic N) is 1. The van der Waals surface area contributed by atoms with Crippen LogP contribution >= 0.6 is 0 Å². The molecule has 1 aliphatic rings. The molecule has 0 spiro atoms. The first-order chi connectivity index (χ1) is 7.59. The van der Waals surface area contributed by atoms with Crippen LogP contribution in [0.1, 0.15) is 19.4 Å². The van der Waals surface area contributed by atoms with Crippen LogP contribution in [0.3, 0.4) is 0 Å². The molecule has 0 fully saturated rings. The van der Waals surface area contributed by atoms with Gasteiger partial charge in [-0.25, -0.2) is 0 Å². The van der Waals surface area contributed by atoms with Crippen molar-refractivity contribution in [1.82, 2.24) is 0 Å². The molecule has 84 valence electrons. The van der Waals surface area contributed by atoms with Crippen molar-refractivity contribution in [2.24, 2.45) is 5.92 Å². The van der Waals surface area contributed by atoms with Gasteiger partial charge in [0.15, 0.2) is 0 Å². The smallest absolute Gasteiger partial charge is 0.0443 e. The molecule has 0 radical (unpaired) electrons. The van der Waals surface area contributed by atoms with Crippen LogP contribution in [0.15, 0.2) is 48.7 Å². The maximum absolute atomic E-state index is 4.21. The van der Waals surface area contributed by atoms with Gasteiger partial charge >= 0.3 is 0 Å². The molecular weight excluding hydrogens is 194 g/mol. The maximum Gasteiger partial charge on any atom is 0.0443 e. The second-order valence-electron chi connectivity index (χ2n) is 4.77. The number of anilines is 1. The third-order valence-corrected chi connectivity index (χ3v) is 3.15. The fourth-order valence-electron chi connectivity index (χ4n) is 2.27. The summed E-state index contributed by atoms with van der Waals surface area (Å²) in [7, 11) is 0. The van der Waals surface area contributed by atoms with Crippen LogP contribution in [0.25, 0.3) is 0 Å². The lowest BCUT2D eigenvalue weighted by molar-refractivity contribution is 0.623. The van der Waals surface area contributed by atoms with E-state index in [0.717, 1.165) is 13.0 Å². The summed E-state index contributed by atoms with van der Waals surface area (Å²) in [5.41, 5.74) is 5.10. The second kappa shape index (κ2) is 4.17. The van der Waals surface area contributed by atoms with Crippen LogP contribution in [0, 0.1) is 5.92 Å². The number of benzene rings is 1. The normalized spacial score (nSPS) is 19.5. The van der Waals surface area contributed by atoms with Gasteiger partial charge in [0.05, 0.1) is 0 Å². The maximum atomic E-state index is 4.21. The number of fused-ring (bicyclic) bond motifs is 1. The molecule has 1 aromatic carbocycles. The molecule has 0 saturated heterocycles. The van der Waals surface area contributed by atoms with Crippen LogP contribution in [0.2, 0.25) is 0 Å². The Hall–Kier alpha value is -1.50. The molecule has 1 nitrogen and oxygen atoms in total. The van der Waals surface area contributed by atoms with E-state index >= 15 is 0 Å². The zero-order valence-corrected chi connectivity index (χ0v) is 10.2. The van der Waals surface area contributed by atoms with E-state index in [1.807, 2.05) is 0 Å². The second-order valence-corrected chi connectivity index (χ2v) is 4.77. The van der Waals surface area contributed by atoms with E-state index in [4.69, 9.17) is 0 Å². The molecule has 1 aliphatic heterocycles. The number of hydrogen-bond donors (Lipinski definition) is 0. The van der Waals surface area contributed by atoms with Crippen molar-refractivity contribution in [2.75, 3.05) is 11.4 Å². The highest BCUT2D eigenvalue weighted by atomic mass is 15.2. The van der Waals surface area contributed by atoms with Gasteiger partial charge in [-0.2, -0.15) is 0 Å². The predicted octanol–water partition coefficient (Wildman–Crippen LogP) is 3.78. The number of allylic oxidation sites excluding steroid dienone is 1. The third kappa shape index (κ3) is 1.90. The van der Waals surface area contributed by atoms with Crippen molar-refractivity contribution in [1.29, 1.82) is 0 Å². The summed E-state index contributed by atoms with van der Waals surface area (Å²) in [4.78, 5) is 2.30. The first-order valence-corrected chi connectivity index (χ1v) is 5.78. The van der Waals surface area contributed by atoms with Gasteiger partial charge < -0.3 is 4.90 Å². The van der Waals surface area contributed by atoms with E-state index in [1.165, 1.54) is 22.5 Å². The molecule has 0 aliphatic carbocycles. The minimum atomic E-state index is 0.522. The SMILES string of the molecule is C=C(C)CN1C(=C)C(C)Cc2ccccc21. The quantitative estimate of drug-likeness (QED) is 0.676. The standard InChI is InChI=1S/C15H19N/c1-11(2)10-16-13(4)12(3)9-14-7-5-6-8-15(14)16/h5-8,12H,1,4,9-10H2,2-3H3. The van der Waals surface area contributed by atoms with Crippen molar-refractivity contribution in [3.63, 3.8) is 0 Å². The number of rotatable bonds is 2. The fourth-order valence-corrected chi connectivity index (χ4v) is 2.27. The molecule has 16 heavy (non-hydrogen) atoms. The molecule has 2 rings (SSSR count). The lowest BCUT2D eigenvalue weighted by Gasteiger charge is -2.37. The molecule has 0 amide bonds. The van der Waals surface area contributed by atoms with Gasteiger partial charge in [0, 0.05) is 17.9 Å². The van der Waals surface area contributed by atoms with Crippen molar-refractivity contribution < 1.29 is 0 Å². The Labute approximate surface area is 98.1 Å². The average Bonchev–Trinajstić information content (AvgIpc) is 2.24. The van der Waals surface area contributed by atoms with Crippen molar-refractivity contribution in [2.45, 2.75) is 20.3 Å². The number of para-hydroxylation sites is 1. The van der Waals surface area contributed by atoms with Crippen LogP contribution < -0.4 is 4.90 Å². The van der Waals surface area contributed by atoms with Gasteiger partial charge in [0.25, 0.3) is 0 Å². The Bertz CT molecular complexity index is 431. The highest BCUT2D eigenvalue weighted by molar-refractivity contribution is 5.61. The van der Waals surface area contributed by atoms with E-state index in [2.05, 4.69) is 56.2 Å². The molecule has 1 heteroatoms. The monoisotopic (exact) mass is 213 g/mol. The highest BCUT2D eigenvalue weighted by Gasteiger charge is 2.24. The summed E-state index contributed by atoms with van der Waals surface area (Å²) < 4.78 is 0. The summed E-state index contributed by atoms with van der Waals surface area (Å²) >= 11 is 0. The highest BCUT2D eigenvalue weighted by Crippen LogP contribution is 2.35. The van der Waals surface area contributed by atoms with E-state index in [9.17, 15) is 0 Å². The van der Waals surface area contributed by atoms with Gasteiger partial charge in [-0.15, -0.1) is 0 Å². The fraction of sp³-hybridized carbons (Fsp3) is 0.333. The number of hydrogen-bond acceptors (Lipinski definition) is 1. The van der Waals surface area contributed by atoms with Crippen LogP contribution in [0.4, 0.5) is 5.69 Å². The third-order valence-electron chi connectivity index (χ3n) is 3.15. The van der Waals surface area contributed by atoms with Crippen molar-refractivity contribution >= 4 is 5.69 Å². The zero-order valence-electron chi connectivity index (χ0n) is 10.2. The molecule has 1 heterocycles. The summed E-state index contributed by atoms with van der Waals surface area (Å²) in [6.45, 7) is 13.4. The molecular formula is C15H19N. The Morgan fingerprint density at radius 1 is 1.44 bits per heavy atom. The van der Waals surface area contributed by atoms with E-state index in [-0.39, 0.29) is 0 Å². The first kappa shape index (κ1) is 11.0. The lowest BCUT2D eigenvalue weighted by atomic mass is 9.91. The summed E-state index contributed by atoms with van der Waals surface area (Å²) in [6.07, 6.45) is 1.10. The van der Waals surface area contributed by atoms with E-state index < -0.39 is 0 Å². The molecule has 0 bridgehead atoms. The molecule has 1 unspecified atom stereocenters. The van der Waals surface area contributed by atoms with E-state index in [0.29, 0.717) is 5.92 Å². The average molecular weight is 213 g/mol. The van der Waals surface area contributed by atoms with Crippen LogP contribution in [-0.4, -0.2) is 6.54 Å². The zero-order chi connectivity index (χ0) is 11.7. The molecule has 0 aromatic heterocycles. The van der Waals surface area contributed by atoms with E-state index in [1.54, 1.807) is 0 Å². The lowest BCUT2D eigenvalue weighted by Crippen LogP contribution is -2.32. The summed E-state index contributed by atoms with van der Waals surface area (Å²) in [5, 5.41) is 0. The van der Waals surface area contributed by atoms with Gasteiger partial charge in [-0.05, 0) is 30.9 Å². The Kier molecular flexibility index (Phi) is 2.86. The van der Waals surface area contributed by atoms with Crippen molar-refractivity contribution in [3.8, 4) is 0 Å². The van der Waals surface area contributed by atoms with Crippen LogP contribution in [-0.2, 0) is 6.42 Å². The first-order valence-electron chi connectivity index (χ1n) is 5.78. The Morgan fingerprint density at radius 3 is 2.81 bits per heavy atom. The van der Waals surface area contributed by atoms with Gasteiger partial charge in [0.1, 0.15) is 0 Å². The van der Waals surface area contributed by atoms with Crippen molar-refractivity contribution in [3.05, 3.63) is 54.3 Å². The largest absolute Gasteiger partial charge is 0.341 e. The molecule has 0 N–H and O–H groups in total. The minimum absolute atomic E-state index is 0.522. The van der Waals surface area contributed by atoms with Crippen LogP contribution in [0.5, 0.6) is 0 Å². The summed E-state index contributed by atoms with van der Waals surface area (Å²) in [5.74, 6) is 0.522. The molecule has 0 saturated carbocycles. The summed E-state index contributed by atoms with van der Waals surface area (Å²) in [6, 6.07) is 8.59. The topological polar surface area (TPSA) is 3.24 Å². The van der Waals surface area contributed by atoms with Gasteiger partial charge in [-0.1, -0.05) is 43.9 Å². The van der Waals surface area contributed by atoms with Gasteiger partial charge in [0.2, 0.25) is 0 Å². The Morgan fingerprint density at radius 2 is 2.12 bits per heavy atom. The minimum Gasteiger partial charge on any atom is -0.341 e. The molecule has 1 atom stereocenters.